The number of aromatic nitrogens is 1. The molecule has 2 heterocycles. The van der Waals surface area contributed by atoms with Gasteiger partial charge in [-0.3, -0.25) is 15.1 Å². The molecule has 21 heavy (non-hydrogen) atoms. The summed E-state index contributed by atoms with van der Waals surface area (Å²) in [6.07, 6.45) is 3.65. The molecular formula is C15H16N4O2. The number of non-ortho nitro benzene ring substituents is 1. The Hall–Kier alpha value is -2.63. The van der Waals surface area contributed by atoms with Crippen LogP contribution in [0.25, 0.3) is 0 Å². The summed E-state index contributed by atoms with van der Waals surface area (Å²) in [5, 5.41) is 10.7. The van der Waals surface area contributed by atoms with Crippen LogP contribution < -0.4 is 9.80 Å². The maximum Gasteiger partial charge on any atom is 0.269 e. The average molecular weight is 284 g/mol. The molecule has 0 amide bonds. The zero-order chi connectivity index (χ0) is 14.7. The Balaban J connectivity index is 1.64. The van der Waals surface area contributed by atoms with Crippen molar-refractivity contribution in [2.45, 2.75) is 0 Å². The second-order valence-corrected chi connectivity index (χ2v) is 4.96. The third kappa shape index (κ3) is 2.94. The highest BCUT2D eigenvalue weighted by Crippen LogP contribution is 2.22. The van der Waals surface area contributed by atoms with Gasteiger partial charge >= 0.3 is 0 Å². The van der Waals surface area contributed by atoms with Gasteiger partial charge in [-0.05, 0) is 24.3 Å². The van der Waals surface area contributed by atoms with Crippen LogP contribution >= 0.6 is 0 Å². The van der Waals surface area contributed by atoms with Crippen LogP contribution in [-0.4, -0.2) is 36.1 Å². The van der Waals surface area contributed by atoms with Crippen molar-refractivity contribution in [1.82, 2.24) is 4.98 Å². The van der Waals surface area contributed by atoms with Crippen molar-refractivity contribution in [2.24, 2.45) is 0 Å². The van der Waals surface area contributed by atoms with E-state index in [1.807, 2.05) is 24.4 Å². The summed E-state index contributed by atoms with van der Waals surface area (Å²) in [5.41, 5.74) is 2.31. The third-order valence-electron chi connectivity index (χ3n) is 3.72. The van der Waals surface area contributed by atoms with Crippen molar-refractivity contribution >= 4 is 17.1 Å². The number of piperazine rings is 1. The van der Waals surface area contributed by atoms with Gasteiger partial charge in [-0.2, -0.15) is 0 Å². The summed E-state index contributed by atoms with van der Waals surface area (Å²) < 4.78 is 0. The van der Waals surface area contributed by atoms with Crippen LogP contribution in [0.2, 0.25) is 0 Å². The van der Waals surface area contributed by atoms with Gasteiger partial charge in [0.15, 0.2) is 0 Å². The van der Waals surface area contributed by atoms with Crippen molar-refractivity contribution in [3.8, 4) is 0 Å². The molecule has 1 aliphatic rings. The fourth-order valence-electron chi connectivity index (χ4n) is 2.55. The molecule has 0 unspecified atom stereocenters. The SMILES string of the molecule is O=[N+]([O-])c1ccc(N2CCN(c3cccnc3)CC2)cc1. The standard InChI is InChI=1S/C15H16N4O2/c20-19(21)14-5-3-13(4-6-14)17-8-10-18(11-9-17)15-2-1-7-16-12-15/h1-7,12H,8-11H2. The van der Waals surface area contributed by atoms with E-state index in [2.05, 4.69) is 20.9 Å². The lowest BCUT2D eigenvalue weighted by Crippen LogP contribution is -2.46. The second-order valence-electron chi connectivity index (χ2n) is 4.96. The smallest absolute Gasteiger partial charge is 0.269 e. The van der Waals surface area contributed by atoms with Crippen molar-refractivity contribution < 1.29 is 4.92 Å². The van der Waals surface area contributed by atoms with E-state index in [9.17, 15) is 10.1 Å². The average Bonchev–Trinajstić information content (AvgIpc) is 2.56. The molecule has 1 aromatic heterocycles. The number of hydrogen-bond acceptors (Lipinski definition) is 5. The molecule has 0 bridgehead atoms. The van der Waals surface area contributed by atoms with Gasteiger partial charge in [0.25, 0.3) is 5.69 Å². The summed E-state index contributed by atoms with van der Waals surface area (Å²) in [4.78, 5) is 19.0. The zero-order valence-electron chi connectivity index (χ0n) is 11.6. The molecule has 3 rings (SSSR count). The maximum absolute atomic E-state index is 10.7. The summed E-state index contributed by atoms with van der Waals surface area (Å²) in [6.45, 7) is 3.63. The van der Waals surface area contributed by atoms with Crippen LogP contribution in [0.3, 0.4) is 0 Å². The molecule has 0 atom stereocenters. The first-order valence-corrected chi connectivity index (χ1v) is 6.88. The third-order valence-corrected chi connectivity index (χ3v) is 3.72. The number of nitro benzene ring substituents is 1. The number of benzene rings is 1. The molecule has 2 aromatic rings. The molecule has 1 aliphatic heterocycles. The molecule has 1 saturated heterocycles. The highest BCUT2D eigenvalue weighted by atomic mass is 16.6. The molecule has 6 nitrogen and oxygen atoms in total. The van der Waals surface area contributed by atoms with Crippen LogP contribution in [0, 0.1) is 10.1 Å². The summed E-state index contributed by atoms with van der Waals surface area (Å²) in [7, 11) is 0. The topological polar surface area (TPSA) is 62.5 Å². The van der Waals surface area contributed by atoms with E-state index >= 15 is 0 Å². The molecule has 0 radical (unpaired) electrons. The molecular weight excluding hydrogens is 268 g/mol. The Morgan fingerprint density at radius 1 is 0.952 bits per heavy atom. The molecule has 6 heteroatoms. The Morgan fingerprint density at radius 3 is 2.10 bits per heavy atom. The molecule has 0 spiro atoms. The Kier molecular flexibility index (Phi) is 3.68. The molecule has 0 aliphatic carbocycles. The number of pyridine rings is 1. The van der Waals surface area contributed by atoms with E-state index in [0.29, 0.717) is 0 Å². The lowest BCUT2D eigenvalue weighted by Gasteiger charge is -2.37. The van der Waals surface area contributed by atoms with Crippen LogP contribution in [0.5, 0.6) is 0 Å². The first-order chi connectivity index (χ1) is 10.2. The minimum absolute atomic E-state index is 0.132. The first kappa shape index (κ1) is 13.4. The van der Waals surface area contributed by atoms with E-state index in [-0.39, 0.29) is 10.6 Å². The predicted octanol–water partition coefficient (Wildman–Crippen LogP) is 2.32. The van der Waals surface area contributed by atoms with Crippen LogP contribution in [-0.2, 0) is 0 Å². The van der Waals surface area contributed by atoms with Gasteiger partial charge in [-0.1, -0.05) is 0 Å². The van der Waals surface area contributed by atoms with Crippen molar-refractivity contribution in [1.29, 1.82) is 0 Å². The van der Waals surface area contributed by atoms with Gasteiger partial charge in [-0.15, -0.1) is 0 Å². The van der Waals surface area contributed by atoms with E-state index in [1.165, 1.54) is 0 Å². The lowest BCUT2D eigenvalue weighted by atomic mass is 10.2. The lowest BCUT2D eigenvalue weighted by molar-refractivity contribution is -0.384. The van der Waals surface area contributed by atoms with Crippen molar-refractivity contribution in [3.63, 3.8) is 0 Å². The van der Waals surface area contributed by atoms with Gasteiger partial charge in [0.2, 0.25) is 0 Å². The summed E-state index contributed by atoms with van der Waals surface area (Å²) in [6, 6.07) is 10.8. The number of nitrogens with zero attached hydrogens (tertiary/aromatic N) is 4. The Bertz CT molecular complexity index is 607. The van der Waals surface area contributed by atoms with Crippen LogP contribution in [0.15, 0.2) is 48.8 Å². The summed E-state index contributed by atoms with van der Waals surface area (Å²) >= 11 is 0. The van der Waals surface area contributed by atoms with Gasteiger partial charge in [0, 0.05) is 50.2 Å². The zero-order valence-corrected chi connectivity index (χ0v) is 11.6. The maximum atomic E-state index is 10.7. The monoisotopic (exact) mass is 284 g/mol. The van der Waals surface area contributed by atoms with Gasteiger partial charge < -0.3 is 9.80 Å². The van der Waals surface area contributed by atoms with Crippen LogP contribution in [0.4, 0.5) is 17.1 Å². The Labute approximate surface area is 122 Å². The van der Waals surface area contributed by atoms with Crippen molar-refractivity contribution in [3.05, 3.63) is 58.9 Å². The largest absolute Gasteiger partial charge is 0.368 e. The molecule has 108 valence electrons. The number of anilines is 2. The number of nitro groups is 1. The van der Waals surface area contributed by atoms with Gasteiger partial charge in [0.1, 0.15) is 0 Å². The van der Waals surface area contributed by atoms with E-state index in [0.717, 1.165) is 37.6 Å². The predicted molar refractivity (Wildman–Crippen MR) is 81.8 cm³/mol. The molecule has 1 fully saturated rings. The van der Waals surface area contributed by atoms with Crippen molar-refractivity contribution in [2.75, 3.05) is 36.0 Å². The van der Waals surface area contributed by atoms with Gasteiger partial charge in [-0.25, -0.2) is 0 Å². The molecule has 0 N–H and O–H groups in total. The van der Waals surface area contributed by atoms with E-state index in [4.69, 9.17) is 0 Å². The minimum Gasteiger partial charge on any atom is -0.368 e. The fourth-order valence-corrected chi connectivity index (χ4v) is 2.55. The normalized spacial score (nSPS) is 15.0. The minimum atomic E-state index is -0.371. The van der Waals surface area contributed by atoms with Crippen LogP contribution in [0.1, 0.15) is 0 Å². The van der Waals surface area contributed by atoms with E-state index in [1.54, 1.807) is 18.3 Å². The van der Waals surface area contributed by atoms with Gasteiger partial charge in [0.05, 0.1) is 16.8 Å². The highest BCUT2D eigenvalue weighted by molar-refractivity contribution is 5.53. The second kappa shape index (κ2) is 5.78. The molecule has 0 saturated carbocycles. The Morgan fingerprint density at radius 2 is 1.57 bits per heavy atom. The first-order valence-electron chi connectivity index (χ1n) is 6.88. The molecule has 1 aromatic carbocycles. The number of hydrogen-bond donors (Lipinski definition) is 0. The number of rotatable bonds is 3. The highest BCUT2D eigenvalue weighted by Gasteiger charge is 2.18. The fraction of sp³-hybridized carbons (Fsp3) is 0.267. The summed E-state index contributed by atoms with van der Waals surface area (Å²) in [5.74, 6) is 0. The quantitative estimate of drug-likeness (QED) is 0.639. The van der Waals surface area contributed by atoms with E-state index < -0.39 is 0 Å².